The Morgan fingerprint density at radius 1 is 1.06 bits per heavy atom. The number of hydrogen-bond donors (Lipinski definition) is 3. The van der Waals surface area contributed by atoms with Crippen LogP contribution in [0.4, 0.5) is 17.2 Å². The van der Waals surface area contributed by atoms with Gasteiger partial charge in [0, 0.05) is 55.2 Å². The number of fused-ring (bicyclic) bond motifs is 1. The van der Waals surface area contributed by atoms with Gasteiger partial charge in [0.05, 0.1) is 5.52 Å². The van der Waals surface area contributed by atoms with Crippen LogP contribution >= 0.6 is 25.7 Å². The van der Waals surface area contributed by atoms with Crippen molar-refractivity contribution in [3.05, 3.63) is 60.8 Å². The highest BCUT2D eigenvalue weighted by molar-refractivity contribution is 7.92. The molecule has 31 heavy (non-hydrogen) atoms. The molecule has 0 aliphatic heterocycles. The predicted molar refractivity (Wildman–Crippen MR) is 136 cm³/mol. The second kappa shape index (κ2) is 10.4. The quantitative estimate of drug-likeness (QED) is 0.242. The Morgan fingerprint density at radius 3 is 2.71 bits per heavy atom. The summed E-state index contributed by atoms with van der Waals surface area (Å²) in [5.41, 5.74) is 4.82. The lowest BCUT2D eigenvalue weighted by Gasteiger charge is -2.11. The highest BCUT2D eigenvalue weighted by atomic mass is 32.2. The minimum atomic E-state index is 0. The number of hydrogen-bond acceptors (Lipinski definition) is 7. The molecule has 0 radical (unpaired) electrons. The Hall–Kier alpha value is -2.88. The van der Waals surface area contributed by atoms with Gasteiger partial charge in [0.15, 0.2) is 0 Å². The minimum absolute atomic E-state index is 0. The van der Waals surface area contributed by atoms with Gasteiger partial charge < -0.3 is 14.8 Å². The zero-order valence-corrected chi connectivity index (χ0v) is 19.5. The summed E-state index contributed by atoms with van der Waals surface area (Å²) in [6.07, 6.45) is 1.80. The maximum atomic E-state index is 5.69. The summed E-state index contributed by atoms with van der Waals surface area (Å²) in [6.45, 7) is 2.87. The van der Waals surface area contributed by atoms with Crippen molar-refractivity contribution in [2.75, 3.05) is 31.3 Å². The van der Waals surface area contributed by atoms with E-state index >= 15 is 0 Å². The average molecular weight is 455 g/mol. The molecule has 0 atom stereocenters. The normalized spacial score (nSPS) is 10.7. The summed E-state index contributed by atoms with van der Waals surface area (Å²) < 4.78 is 7.59. The first kappa shape index (κ1) is 22.8. The van der Waals surface area contributed by atoms with E-state index in [0.29, 0.717) is 0 Å². The molecule has 2 aromatic carbocycles. The Bertz CT molecular complexity index is 1150. The van der Waals surface area contributed by atoms with E-state index in [1.54, 1.807) is 6.20 Å². The van der Waals surface area contributed by atoms with Gasteiger partial charge in [-0.1, -0.05) is 6.07 Å². The van der Waals surface area contributed by atoms with Crippen molar-refractivity contribution >= 4 is 53.8 Å². The summed E-state index contributed by atoms with van der Waals surface area (Å²) in [7, 11) is 3.88. The molecule has 4 rings (SSSR count). The fourth-order valence-corrected chi connectivity index (χ4v) is 3.42. The number of pyridine rings is 1. The van der Waals surface area contributed by atoms with E-state index in [-0.39, 0.29) is 13.5 Å². The van der Waals surface area contributed by atoms with Gasteiger partial charge >= 0.3 is 0 Å². The van der Waals surface area contributed by atoms with Crippen LogP contribution in [0.15, 0.2) is 60.8 Å². The maximum absolute atomic E-state index is 5.69. The number of aromatic amines is 1. The molecule has 4 aromatic rings. The number of rotatable bonds is 8. The molecule has 0 saturated heterocycles. The van der Waals surface area contributed by atoms with E-state index in [0.717, 1.165) is 51.6 Å². The van der Waals surface area contributed by atoms with Crippen molar-refractivity contribution in [3.63, 3.8) is 0 Å². The molecular weight excluding hydrogens is 428 g/mol. The van der Waals surface area contributed by atoms with E-state index in [1.165, 1.54) is 12.2 Å². The van der Waals surface area contributed by atoms with E-state index in [2.05, 4.69) is 38.8 Å². The minimum Gasteiger partial charge on any atom is -0.409 e. The third-order valence-electron chi connectivity index (χ3n) is 4.36. The average Bonchev–Trinajstić information content (AvgIpc) is 3.16. The van der Waals surface area contributed by atoms with Gasteiger partial charge in [-0.25, -0.2) is 9.29 Å². The molecule has 0 aliphatic rings. The van der Waals surface area contributed by atoms with Gasteiger partial charge in [0.1, 0.15) is 29.5 Å². The smallest absolute Gasteiger partial charge is 0.146 e. The van der Waals surface area contributed by atoms with Crippen LogP contribution in [0.25, 0.3) is 22.2 Å². The molecular formula is C22H26N6OS2. The van der Waals surface area contributed by atoms with Crippen molar-refractivity contribution < 1.29 is 4.18 Å². The summed E-state index contributed by atoms with van der Waals surface area (Å²) in [5, 5.41) is 15.4. The maximum Gasteiger partial charge on any atom is 0.146 e. The molecule has 2 heterocycles. The molecule has 2 aromatic heterocycles. The number of aromatic nitrogens is 3. The lowest BCUT2D eigenvalue weighted by molar-refractivity contribution is 0.576. The lowest BCUT2D eigenvalue weighted by Crippen LogP contribution is -2.02. The Balaban J connectivity index is 0.00000272. The molecule has 3 N–H and O–H groups in total. The van der Waals surface area contributed by atoms with E-state index in [1.807, 2.05) is 66.9 Å². The van der Waals surface area contributed by atoms with E-state index < -0.39 is 0 Å². The number of anilines is 3. The molecule has 0 spiro atoms. The predicted octanol–water partition coefficient (Wildman–Crippen LogP) is 5.42. The van der Waals surface area contributed by atoms with Crippen LogP contribution in [0.3, 0.4) is 0 Å². The largest absolute Gasteiger partial charge is 0.409 e. The second-order valence-electron chi connectivity index (χ2n) is 6.92. The Labute approximate surface area is 193 Å². The highest BCUT2D eigenvalue weighted by Gasteiger charge is 2.10. The van der Waals surface area contributed by atoms with Gasteiger partial charge in [0.2, 0.25) is 0 Å². The molecule has 0 amide bonds. The molecule has 0 saturated carbocycles. The van der Waals surface area contributed by atoms with Crippen molar-refractivity contribution in [1.82, 2.24) is 19.5 Å². The fraction of sp³-hybridized carbons (Fsp3) is 0.182. The highest BCUT2D eigenvalue weighted by Crippen LogP contribution is 2.31. The Kier molecular flexibility index (Phi) is 7.67. The lowest BCUT2D eigenvalue weighted by atomic mass is 10.1. The van der Waals surface area contributed by atoms with Crippen LogP contribution in [0, 0.1) is 0 Å². The standard InChI is InChI=1S/C22H24N6OS.H2S/c1-4-23-21-12-15(10-11-24-21)22-19-14-17(8-9-20(19)26-27-22)25-16-6-5-7-18(13-16)29-30-28(2)3;/h5-14,25H,4H2,1-3H3,(H,23,24)(H,26,27);1H2. The van der Waals surface area contributed by atoms with Crippen LogP contribution in [-0.4, -0.2) is 40.1 Å². The zero-order valence-electron chi connectivity index (χ0n) is 17.6. The SMILES string of the molecule is CCNc1cc(-c2n[nH]c3ccc(Nc4cccc(OSN(C)C)c4)cc23)ccn1.S. The summed E-state index contributed by atoms with van der Waals surface area (Å²) in [5.74, 6) is 1.63. The van der Waals surface area contributed by atoms with Gasteiger partial charge in [-0.2, -0.15) is 18.6 Å². The first-order valence-corrected chi connectivity index (χ1v) is 10.4. The van der Waals surface area contributed by atoms with Crippen LogP contribution in [-0.2, 0) is 0 Å². The summed E-state index contributed by atoms with van der Waals surface area (Å²) in [4.78, 5) is 4.35. The molecule has 0 unspecified atom stereocenters. The van der Waals surface area contributed by atoms with Gasteiger partial charge in [-0.15, -0.1) is 0 Å². The topological polar surface area (TPSA) is 78.1 Å². The van der Waals surface area contributed by atoms with E-state index in [4.69, 9.17) is 4.18 Å². The number of nitrogens with zero attached hydrogens (tertiary/aromatic N) is 3. The second-order valence-corrected chi connectivity index (χ2v) is 7.96. The first-order valence-electron chi connectivity index (χ1n) is 9.70. The van der Waals surface area contributed by atoms with Crippen LogP contribution in [0.1, 0.15) is 6.92 Å². The van der Waals surface area contributed by atoms with Gasteiger partial charge in [-0.3, -0.25) is 5.10 Å². The molecule has 7 nitrogen and oxygen atoms in total. The Morgan fingerprint density at radius 2 is 1.90 bits per heavy atom. The molecule has 0 bridgehead atoms. The van der Waals surface area contributed by atoms with Gasteiger partial charge in [-0.05, 0) is 49.4 Å². The zero-order chi connectivity index (χ0) is 20.9. The van der Waals surface area contributed by atoms with Crippen LogP contribution < -0.4 is 14.8 Å². The number of nitrogens with one attached hydrogen (secondary N) is 3. The third-order valence-corrected chi connectivity index (χ3v) is 4.92. The van der Waals surface area contributed by atoms with Crippen LogP contribution in [0.2, 0.25) is 0 Å². The summed E-state index contributed by atoms with van der Waals surface area (Å²) in [6, 6.07) is 18.0. The molecule has 0 aliphatic carbocycles. The number of H-pyrrole nitrogens is 1. The van der Waals surface area contributed by atoms with E-state index in [9.17, 15) is 0 Å². The van der Waals surface area contributed by atoms with Crippen molar-refractivity contribution in [3.8, 4) is 17.0 Å². The molecule has 162 valence electrons. The number of benzene rings is 2. The monoisotopic (exact) mass is 454 g/mol. The van der Waals surface area contributed by atoms with Crippen molar-refractivity contribution in [2.24, 2.45) is 0 Å². The molecule has 0 fully saturated rings. The summed E-state index contributed by atoms with van der Waals surface area (Å²) >= 11 is 1.29. The van der Waals surface area contributed by atoms with Crippen molar-refractivity contribution in [1.29, 1.82) is 0 Å². The molecule has 9 heteroatoms. The first-order chi connectivity index (χ1) is 14.6. The fourth-order valence-electron chi connectivity index (χ4n) is 3.08. The third kappa shape index (κ3) is 5.63. The van der Waals surface area contributed by atoms with Crippen LogP contribution in [0.5, 0.6) is 5.75 Å². The van der Waals surface area contributed by atoms with Crippen molar-refractivity contribution in [2.45, 2.75) is 6.92 Å². The van der Waals surface area contributed by atoms with Gasteiger partial charge in [0.25, 0.3) is 0 Å².